The highest BCUT2D eigenvalue weighted by Crippen LogP contribution is 2.24. The van der Waals surface area contributed by atoms with Crippen molar-refractivity contribution < 1.29 is 14.3 Å². The second kappa shape index (κ2) is 7.23. The number of anilines is 1. The number of nitrogens with one attached hydrogen (secondary N) is 1. The van der Waals surface area contributed by atoms with E-state index in [4.69, 9.17) is 16.3 Å². The van der Waals surface area contributed by atoms with Crippen molar-refractivity contribution in [1.82, 2.24) is 4.90 Å². The summed E-state index contributed by atoms with van der Waals surface area (Å²) in [5.41, 5.74) is 2.16. The first kappa shape index (κ1) is 16.8. The first-order valence-corrected chi connectivity index (χ1v) is 8.79. The van der Waals surface area contributed by atoms with Crippen LogP contribution in [-0.4, -0.2) is 37.0 Å². The van der Waals surface area contributed by atoms with Crippen molar-refractivity contribution in [2.24, 2.45) is 0 Å². The van der Waals surface area contributed by atoms with Gasteiger partial charge in [0.25, 0.3) is 0 Å². The minimum absolute atomic E-state index is 0.0291. The van der Waals surface area contributed by atoms with Gasteiger partial charge in [0, 0.05) is 23.7 Å². The van der Waals surface area contributed by atoms with E-state index in [0.717, 1.165) is 13.0 Å². The molecule has 0 radical (unpaired) electrons. The predicted molar refractivity (Wildman–Crippen MR) is 94.7 cm³/mol. The number of amides is 1. The molecule has 0 spiro atoms. The third-order valence-electron chi connectivity index (χ3n) is 3.98. The molecular formula is C17H17ClN2O3S. The van der Waals surface area contributed by atoms with Crippen molar-refractivity contribution >= 4 is 40.5 Å². The van der Waals surface area contributed by atoms with E-state index in [0.29, 0.717) is 17.3 Å². The summed E-state index contributed by atoms with van der Waals surface area (Å²) >= 11 is 7.74. The Morgan fingerprint density at radius 2 is 2.21 bits per heavy atom. The highest BCUT2D eigenvalue weighted by molar-refractivity contribution is 7.10. The Labute approximate surface area is 149 Å². The van der Waals surface area contributed by atoms with Gasteiger partial charge in [-0.25, -0.2) is 4.79 Å². The van der Waals surface area contributed by atoms with Crippen LogP contribution in [0.3, 0.4) is 0 Å². The van der Waals surface area contributed by atoms with Crippen LogP contribution in [0.2, 0.25) is 5.02 Å². The minimum atomic E-state index is -0.504. The summed E-state index contributed by atoms with van der Waals surface area (Å²) in [4.78, 5) is 27.3. The molecule has 2 aromatic rings. The quantitative estimate of drug-likeness (QED) is 0.846. The second-order valence-electron chi connectivity index (χ2n) is 5.47. The number of hydrogen-bond donors (Lipinski definition) is 1. The average molecular weight is 365 g/mol. The lowest BCUT2D eigenvalue weighted by molar-refractivity contribution is -0.130. The number of ether oxygens (including phenoxy) is 1. The molecule has 1 aliphatic rings. The molecule has 1 amide bonds. The summed E-state index contributed by atoms with van der Waals surface area (Å²) in [5.74, 6) is -0.475. The van der Waals surface area contributed by atoms with Gasteiger partial charge in [0.1, 0.15) is 0 Å². The summed E-state index contributed by atoms with van der Waals surface area (Å²) in [5, 5.41) is 5.44. The molecule has 1 N–H and O–H groups in total. The molecule has 1 aromatic carbocycles. The lowest BCUT2D eigenvalue weighted by Gasteiger charge is -2.27. The van der Waals surface area contributed by atoms with Gasteiger partial charge in [0.05, 0.1) is 24.2 Å². The number of rotatable bonds is 4. The highest BCUT2D eigenvalue weighted by Gasteiger charge is 2.21. The Hall–Kier alpha value is -2.05. The van der Waals surface area contributed by atoms with Crippen LogP contribution in [0, 0.1) is 0 Å². The monoisotopic (exact) mass is 364 g/mol. The number of hydrogen-bond acceptors (Lipinski definition) is 5. The molecule has 0 aliphatic carbocycles. The third kappa shape index (κ3) is 3.55. The Morgan fingerprint density at radius 1 is 1.38 bits per heavy atom. The number of nitrogens with zero attached hydrogens (tertiary/aromatic N) is 1. The molecule has 2 heterocycles. The Kier molecular flexibility index (Phi) is 5.06. The van der Waals surface area contributed by atoms with E-state index in [9.17, 15) is 9.59 Å². The van der Waals surface area contributed by atoms with E-state index >= 15 is 0 Å². The van der Waals surface area contributed by atoms with Gasteiger partial charge in [-0.05, 0) is 41.6 Å². The number of carbonyl (C=O) groups excluding carboxylic acids is 2. The molecule has 3 rings (SSSR count). The first-order chi connectivity index (χ1) is 11.6. The molecule has 0 bridgehead atoms. The molecule has 0 unspecified atom stereocenters. The maximum Gasteiger partial charge on any atom is 0.339 e. The van der Waals surface area contributed by atoms with E-state index < -0.39 is 5.97 Å². The van der Waals surface area contributed by atoms with Crippen LogP contribution in [0.1, 0.15) is 20.8 Å². The summed E-state index contributed by atoms with van der Waals surface area (Å²) in [6.07, 6.45) is 0.909. The maximum atomic E-state index is 12.4. The molecule has 7 heteroatoms. The van der Waals surface area contributed by atoms with Crippen molar-refractivity contribution in [3.05, 3.63) is 50.7 Å². The van der Waals surface area contributed by atoms with Crippen molar-refractivity contribution in [2.45, 2.75) is 13.0 Å². The molecule has 1 aromatic heterocycles. The minimum Gasteiger partial charge on any atom is -0.465 e. The van der Waals surface area contributed by atoms with E-state index in [1.165, 1.54) is 17.6 Å². The molecule has 1 aliphatic heterocycles. The zero-order valence-electron chi connectivity index (χ0n) is 13.2. The molecular weight excluding hydrogens is 348 g/mol. The predicted octanol–water partition coefficient (Wildman–Crippen LogP) is 3.18. The van der Waals surface area contributed by atoms with Crippen LogP contribution >= 0.6 is 22.9 Å². The first-order valence-electron chi connectivity index (χ1n) is 7.53. The van der Waals surface area contributed by atoms with Crippen molar-refractivity contribution in [3.8, 4) is 0 Å². The number of benzene rings is 1. The van der Waals surface area contributed by atoms with Crippen molar-refractivity contribution in [2.75, 3.05) is 25.5 Å². The number of carbonyl (C=O) groups is 2. The van der Waals surface area contributed by atoms with Gasteiger partial charge in [-0.2, -0.15) is 0 Å². The van der Waals surface area contributed by atoms with Gasteiger partial charge >= 0.3 is 5.97 Å². The molecule has 0 fully saturated rings. The van der Waals surface area contributed by atoms with Gasteiger partial charge in [-0.15, -0.1) is 11.3 Å². The highest BCUT2D eigenvalue weighted by atomic mass is 35.5. The lowest BCUT2D eigenvalue weighted by atomic mass is 10.1. The summed E-state index contributed by atoms with van der Waals surface area (Å²) in [6.45, 7) is 1.57. The summed E-state index contributed by atoms with van der Waals surface area (Å²) < 4.78 is 4.69. The van der Waals surface area contributed by atoms with Crippen LogP contribution in [0.5, 0.6) is 0 Å². The number of esters is 1. The van der Waals surface area contributed by atoms with E-state index in [1.54, 1.807) is 29.5 Å². The van der Waals surface area contributed by atoms with E-state index in [-0.39, 0.29) is 18.0 Å². The van der Waals surface area contributed by atoms with Crippen LogP contribution in [0.25, 0.3) is 0 Å². The Balaban J connectivity index is 1.62. The Morgan fingerprint density at radius 3 is 3.00 bits per heavy atom. The summed E-state index contributed by atoms with van der Waals surface area (Å²) in [7, 11) is 1.30. The standard InChI is InChI=1S/C17H17ClN2O3S/c1-23-17(22)13-8-12(2-3-14(13)18)19-9-16(21)20-6-4-15-11(10-20)5-7-24-15/h2-3,5,7-8,19H,4,6,9-10H2,1H3. The number of methoxy groups -OCH3 is 1. The zero-order chi connectivity index (χ0) is 17.1. The van der Waals surface area contributed by atoms with Gasteiger partial charge < -0.3 is 15.0 Å². The third-order valence-corrected chi connectivity index (χ3v) is 5.33. The van der Waals surface area contributed by atoms with Gasteiger partial charge in [-0.3, -0.25) is 4.79 Å². The molecule has 0 saturated heterocycles. The maximum absolute atomic E-state index is 12.4. The van der Waals surface area contributed by atoms with Crippen LogP contribution in [0.15, 0.2) is 29.6 Å². The molecule has 5 nitrogen and oxygen atoms in total. The number of halogens is 1. The number of fused-ring (bicyclic) bond motifs is 1. The molecule has 0 saturated carbocycles. The summed E-state index contributed by atoms with van der Waals surface area (Å²) in [6, 6.07) is 7.01. The largest absolute Gasteiger partial charge is 0.465 e. The van der Waals surface area contributed by atoms with Gasteiger partial charge in [0.2, 0.25) is 5.91 Å². The van der Waals surface area contributed by atoms with Gasteiger partial charge in [0.15, 0.2) is 0 Å². The van der Waals surface area contributed by atoms with Crippen molar-refractivity contribution in [1.29, 1.82) is 0 Å². The molecule has 0 atom stereocenters. The lowest BCUT2D eigenvalue weighted by Crippen LogP contribution is -2.38. The van der Waals surface area contributed by atoms with Crippen molar-refractivity contribution in [3.63, 3.8) is 0 Å². The fourth-order valence-electron chi connectivity index (χ4n) is 2.65. The van der Waals surface area contributed by atoms with Crippen LogP contribution in [0.4, 0.5) is 5.69 Å². The second-order valence-corrected chi connectivity index (χ2v) is 6.88. The molecule has 126 valence electrons. The zero-order valence-corrected chi connectivity index (χ0v) is 14.7. The Bertz CT molecular complexity index is 775. The fourth-order valence-corrected chi connectivity index (χ4v) is 3.74. The average Bonchev–Trinajstić information content (AvgIpc) is 3.07. The van der Waals surface area contributed by atoms with Crippen LogP contribution in [-0.2, 0) is 22.5 Å². The smallest absolute Gasteiger partial charge is 0.339 e. The van der Waals surface area contributed by atoms with Gasteiger partial charge in [-0.1, -0.05) is 11.6 Å². The van der Waals surface area contributed by atoms with E-state index in [1.807, 2.05) is 4.90 Å². The normalized spacial score (nSPS) is 13.3. The van der Waals surface area contributed by atoms with Crippen LogP contribution < -0.4 is 5.32 Å². The SMILES string of the molecule is COC(=O)c1cc(NCC(=O)N2CCc3sccc3C2)ccc1Cl. The molecule has 24 heavy (non-hydrogen) atoms. The fraction of sp³-hybridized carbons (Fsp3) is 0.294. The number of thiophene rings is 1. The van der Waals surface area contributed by atoms with E-state index in [2.05, 4.69) is 16.8 Å². The topological polar surface area (TPSA) is 58.6 Å².